The minimum atomic E-state index is -0.219. The Hall–Kier alpha value is -3.81. The van der Waals surface area contributed by atoms with E-state index in [-0.39, 0.29) is 24.4 Å². The van der Waals surface area contributed by atoms with Crippen molar-refractivity contribution in [2.24, 2.45) is 0 Å². The molecule has 8 heteroatoms. The van der Waals surface area contributed by atoms with Crippen LogP contribution in [0.5, 0.6) is 0 Å². The Balaban J connectivity index is 1.36. The third kappa shape index (κ3) is 3.96. The lowest BCUT2D eigenvalue weighted by atomic mass is 10.2. The second-order valence-corrected chi connectivity index (χ2v) is 6.28. The van der Waals surface area contributed by atoms with Gasteiger partial charge in [-0.1, -0.05) is 18.2 Å². The van der Waals surface area contributed by atoms with Crippen molar-refractivity contribution in [3.05, 3.63) is 83.3 Å². The highest BCUT2D eigenvalue weighted by molar-refractivity contribution is 5.89. The third-order valence-corrected chi connectivity index (χ3v) is 4.27. The first-order chi connectivity index (χ1) is 13.7. The minimum absolute atomic E-state index is 0.146. The number of nitrogens with zero attached hydrogens (tertiary/aromatic N) is 5. The van der Waals surface area contributed by atoms with Crippen molar-refractivity contribution < 1.29 is 4.79 Å². The van der Waals surface area contributed by atoms with Crippen molar-refractivity contribution in [2.75, 3.05) is 5.32 Å². The van der Waals surface area contributed by atoms with E-state index in [0.717, 1.165) is 5.69 Å². The van der Waals surface area contributed by atoms with Gasteiger partial charge in [0.2, 0.25) is 5.91 Å². The third-order valence-electron chi connectivity index (χ3n) is 4.27. The van der Waals surface area contributed by atoms with Crippen LogP contribution >= 0.6 is 0 Å². The van der Waals surface area contributed by atoms with Gasteiger partial charge in [-0.05, 0) is 24.3 Å². The van der Waals surface area contributed by atoms with Gasteiger partial charge in [0.15, 0.2) is 5.82 Å². The molecule has 0 radical (unpaired) electrons. The SMILES string of the molecule is O=C(CCn1cnc2ccccc2c1=O)Nc1ccn(Cc2ccccn2)n1. The van der Waals surface area contributed by atoms with Gasteiger partial charge in [-0.25, -0.2) is 4.98 Å². The van der Waals surface area contributed by atoms with Crippen molar-refractivity contribution in [3.63, 3.8) is 0 Å². The molecule has 0 aliphatic carbocycles. The van der Waals surface area contributed by atoms with Crippen LogP contribution in [0.15, 0.2) is 72.0 Å². The molecule has 28 heavy (non-hydrogen) atoms. The number of anilines is 1. The van der Waals surface area contributed by atoms with Crippen LogP contribution in [0.3, 0.4) is 0 Å². The van der Waals surface area contributed by atoms with Crippen LogP contribution in [-0.2, 0) is 17.9 Å². The molecule has 8 nitrogen and oxygen atoms in total. The number of para-hydroxylation sites is 1. The van der Waals surface area contributed by atoms with Crippen LogP contribution < -0.4 is 10.9 Å². The number of hydrogen-bond acceptors (Lipinski definition) is 5. The van der Waals surface area contributed by atoms with E-state index in [2.05, 4.69) is 20.4 Å². The van der Waals surface area contributed by atoms with E-state index in [9.17, 15) is 9.59 Å². The lowest BCUT2D eigenvalue weighted by Gasteiger charge is -2.06. The number of nitrogens with one attached hydrogen (secondary N) is 1. The normalized spacial score (nSPS) is 10.9. The van der Waals surface area contributed by atoms with Crippen LogP contribution in [0.25, 0.3) is 10.9 Å². The van der Waals surface area contributed by atoms with Crippen molar-refractivity contribution >= 4 is 22.6 Å². The smallest absolute Gasteiger partial charge is 0.261 e. The van der Waals surface area contributed by atoms with Gasteiger partial charge in [-0.2, -0.15) is 5.10 Å². The molecule has 1 N–H and O–H groups in total. The van der Waals surface area contributed by atoms with Crippen molar-refractivity contribution in [2.45, 2.75) is 19.5 Å². The van der Waals surface area contributed by atoms with Crippen LogP contribution in [0.4, 0.5) is 5.82 Å². The van der Waals surface area contributed by atoms with Crippen molar-refractivity contribution in [1.82, 2.24) is 24.3 Å². The molecule has 3 aromatic heterocycles. The molecule has 4 rings (SSSR count). The Bertz CT molecular complexity index is 1170. The largest absolute Gasteiger partial charge is 0.309 e. The molecule has 0 saturated heterocycles. The zero-order valence-corrected chi connectivity index (χ0v) is 15.0. The summed E-state index contributed by atoms with van der Waals surface area (Å²) < 4.78 is 3.15. The zero-order valence-electron chi connectivity index (χ0n) is 15.0. The summed E-state index contributed by atoms with van der Waals surface area (Å²) in [4.78, 5) is 33.2. The van der Waals surface area contributed by atoms with E-state index >= 15 is 0 Å². The number of carbonyl (C=O) groups is 1. The number of amides is 1. The van der Waals surface area contributed by atoms with E-state index in [4.69, 9.17) is 0 Å². The number of benzene rings is 1. The number of aryl methyl sites for hydroxylation is 1. The molecule has 0 saturated carbocycles. The highest BCUT2D eigenvalue weighted by Crippen LogP contribution is 2.07. The van der Waals surface area contributed by atoms with E-state index in [1.54, 1.807) is 41.3 Å². The first kappa shape index (κ1) is 17.6. The maximum absolute atomic E-state index is 12.4. The van der Waals surface area contributed by atoms with Gasteiger partial charge in [-0.15, -0.1) is 0 Å². The lowest BCUT2D eigenvalue weighted by molar-refractivity contribution is -0.116. The van der Waals surface area contributed by atoms with Gasteiger partial charge in [0.25, 0.3) is 5.56 Å². The Labute approximate surface area is 160 Å². The van der Waals surface area contributed by atoms with Gasteiger partial charge < -0.3 is 5.32 Å². The monoisotopic (exact) mass is 374 g/mol. The first-order valence-electron chi connectivity index (χ1n) is 8.86. The quantitative estimate of drug-likeness (QED) is 0.557. The number of carbonyl (C=O) groups excluding carboxylic acids is 1. The predicted molar refractivity (Wildman–Crippen MR) is 105 cm³/mol. The lowest BCUT2D eigenvalue weighted by Crippen LogP contribution is -2.23. The Morgan fingerprint density at radius 1 is 1.04 bits per heavy atom. The summed E-state index contributed by atoms with van der Waals surface area (Å²) in [5, 5.41) is 7.61. The molecule has 1 amide bonds. The van der Waals surface area contributed by atoms with Crippen LogP contribution in [0, 0.1) is 0 Å². The van der Waals surface area contributed by atoms with Crippen LogP contribution in [0.1, 0.15) is 12.1 Å². The Morgan fingerprint density at radius 3 is 2.75 bits per heavy atom. The molecule has 0 atom stereocenters. The van der Waals surface area contributed by atoms with Crippen LogP contribution in [0.2, 0.25) is 0 Å². The summed E-state index contributed by atoms with van der Waals surface area (Å²) >= 11 is 0. The fourth-order valence-corrected chi connectivity index (χ4v) is 2.87. The molecular formula is C20H18N6O2. The molecule has 0 aliphatic rings. The minimum Gasteiger partial charge on any atom is -0.309 e. The summed E-state index contributed by atoms with van der Waals surface area (Å²) in [6.45, 7) is 0.770. The molecule has 0 aliphatic heterocycles. The number of rotatable bonds is 6. The molecule has 140 valence electrons. The molecule has 1 aromatic carbocycles. The fourth-order valence-electron chi connectivity index (χ4n) is 2.87. The number of pyridine rings is 1. The topological polar surface area (TPSA) is 94.7 Å². The average Bonchev–Trinajstić information content (AvgIpc) is 3.15. The first-order valence-corrected chi connectivity index (χ1v) is 8.86. The summed E-state index contributed by atoms with van der Waals surface area (Å²) in [7, 11) is 0. The molecule has 0 bridgehead atoms. The molecule has 0 fully saturated rings. The summed E-state index contributed by atoms with van der Waals surface area (Å²) in [5.41, 5.74) is 1.37. The second kappa shape index (κ2) is 7.83. The number of fused-ring (bicyclic) bond motifs is 1. The summed E-state index contributed by atoms with van der Waals surface area (Å²) in [6, 6.07) is 14.6. The molecule has 3 heterocycles. The average molecular weight is 374 g/mol. The fraction of sp³-hybridized carbons (Fsp3) is 0.150. The van der Waals surface area contributed by atoms with Gasteiger partial charge in [-0.3, -0.25) is 23.8 Å². The summed E-state index contributed by atoms with van der Waals surface area (Å²) in [6.07, 6.45) is 5.12. The van der Waals surface area contributed by atoms with Crippen molar-refractivity contribution in [3.8, 4) is 0 Å². The van der Waals surface area contributed by atoms with Crippen LogP contribution in [-0.4, -0.2) is 30.2 Å². The van der Waals surface area contributed by atoms with Gasteiger partial charge >= 0.3 is 0 Å². The van der Waals surface area contributed by atoms with Gasteiger partial charge in [0, 0.05) is 31.4 Å². The van der Waals surface area contributed by atoms with E-state index < -0.39 is 0 Å². The second-order valence-electron chi connectivity index (χ2n) is 6.28. The highest BCUT2D eigenvalue weighted by Gasteiger charge is 2.08. The van der Waals surface area contributed by atoms with E-state index in [1.165, 1.54) is 10.9 Å². The molecular weight excluding hydrogens is 356 g/mol. The maximum Gasteiger partial charge on any atom is 0.261 e. The standard InChI is InChI=1S/C20H18N6O2/c27-19(9-11-25-14-22-17-7-2-1-6-16(17)20(25)28)23-18-8-12-26(24-18)13-15-5-3-4-10-21-15/h1-8,10,12,14H,9,11,13H2,(H,23,24,27). The molecule has 4 aromatic rings. The van der Waals surface area contributed by atoms with Gasteiger partial charge in [0.05, 0.1) is 29.5 Å². The van der Waals surface area contributed by atoms with Gasteiger partial charge in [0.1, 0.15) is 0 Å². The Kier molecular flexibility index (Phi) is 4.92. The highest BCUT2D eigenvalue weighted by atomic mass is 16.2. The molecule has 0 spiro atoms. The predicted octanol–water partition coefficient (Wildman–Crippen LogP) is 2.07. The Morgan fingerprint density at radius 2 is 1.89 bits per heavy atom. The summed E-state index contributed by atoms with van der Waals surface area (Å²) in [5.74, 6) is 0.244. The molecule has 0 unspecified atom stereocenters. The number of aromatic nitrogens is 5. The van der Waals surface area contributed by atoms with E-state index in [1.807, 2.05) is 24.3 Å². The number of hydrogen-bond donors (Lipinski definition) is 1. The zero-order chi connectivity index (χ0) is 19.3. The van der Waals surface area contributed by atoms with Crippen molar-refractivity contribution in [1.29, 1.82) is 0 Å². The maximum atomic E-state index is 12.4. The van der Waals surface area contributed by atoms with E-state index in [0.29, 0.717) is 23.3 Å².